The predicted molar refractivity (Wildman–Crippen MR) is 120 cm³/mol. The summed E-state index contributed by atoms with van der Waals surface area (Å²) in [5.41, 5.74) is 6.81. The van der Waals surface area contributed by atoms with Gasteiger partial charge in [-0.1, -0.05) is 6.07 Å². The summed E-state index contributed by atoms with van der Waals surface area (Å²) in [6.07, 6.45) is 0.874. The monoisotopic (exact) mass is 435 g/mol. The highest BCUT2D eigenvalue weighted by atomic mass is 16.5. The third kappa shape index (κ3) is 3.25. The zero-order valence-corrected chi connectivity index (χ0v) is 17.8. The first-order chi connectivity index (χ1) is 15.5. The summed E-state index contributed by atoms with van der Waals surface area (Å²) in [6.45, 7) is 2.75. The van der Waals surface area contributed by atoms with Crippen LogP contribution in [0, 0.1) is 5.41 Å². The standard InChI is InChI=1S/C23H25N5O4/c1-31-16-7-5-15(6-8-16)28(22(30)23(9-10-23)21(24)29)20-19-17(25-26-20)3-2-4-18(19)27-11-13-32-14-12-27/h2-8H,9-14H2,1H3,(H2,24,29)(H,25,26). The number of nitrogens with two attached hydrogens (primary N) is 1. The summed E-state index contributed by atoms with van der Waals surface area (Å²) in [6, 6.07) is 13.0. The fraction of sp³-hybridized carbons (Fsp3) is 0.348. The molecule has 1 saturated heterocycles. The lowest BCUT2D eigenvalue weighted by molar-refractivity contribution is -0.133. The lowest BCUT2D eigenvalue weighted by Gasteiger charge is -2.30. The fourth-order valence-electron chi connectivity index (χ4n) is 4.24. The molecule has 0 spiro atoms. The Morgan fingerprint density at radius 3 is 2.50 bits per heavy atom. The second-order valence-corrected chi connectivity index (χ2v) is 8.13. The minimum Gasteiger partial charge on any atom is -0.497 e. The van der Waals surface area contributed by atoms with Gasteiger partial charge in [-0.2, -0.15) is 5.10 Å². The number of anilines is 3. The minimum absolute atomic E-state index is 0.361. The van der Waals surface area contributed by atoms with E-state index in [-0.39, 0.29) is 5.91 Å². The van der Waals surface area contributed by atoms with Crippen molar-refractivity contribution in [3.63, 3.8) is 0 Å². The average Bonchev–Trinajstić information content (AvgIpc) is 3.55. The Morgan fingerprint density at radius 2 is 1.88 bits per heavy atom. The molecule has 9 heteroatoms. The molecule has 2 aliphatic rings. The van der Waals surface area contributed by atoms with E-state index in [9.17, 15) is 9.59 Å². The van der Waals surface area contributed by atoms with E-state index >= 15 is 0 Å². The summed E-state index contributed by atoms with van der Waals surface area (Å²) >= 11 is 0. The molecule has 3 aromatic rings. The molecule has 2 fully saturated rings. The van der Waals surface area contributed by atoms with Gasteiger partial charge in [0.1, 0.15) is 11.2 Å². The number of H-pyrrole nitrogens is 1. The normalized spacial score (nSPS) is 17.2. The molecule has 0 atom stereocenters. The van der Waals surface area contributed by atoms with Crippen molar-refractivity contribution in [3.05, 3.63) is 42.5 Å². The second-order valence-electron chi connectivity index (χ2n) is 8.13. The average molecular weight is 435 g/mol. The topological polar surface area (TPSA) is 114 Å². The lowest BCUT2D eigenvalue weighted by Crippen LogP contribution is -2.41. The van der Waals surface area contributed by atoms with E-state index in [4.69, 9.17) is 15.2 Å². The highest BCUT2D eigenvalue weighted by Crippen LogP contribution is 2.50. The highest BCUT2D eigenvalue weighted by molar-refractivity contribution is 6.19. The van der Waals surface area contributed by atoms with Crippen LogP contribution < -0.4 is 20.3 Å². The van der Waals surface area contributed by atoms with Crippen LogP contribution in [0.4, 0.5) is 17.2 Å². The fourth-order valence-corrected chi connectivity index (χ4v) is 4.24. The van der Waals surface area contributed by atoms with Crippen LogP contribution in [-0.4, -0.2) is 55.4 Å². The molecule has 3 N–H and O–H groups in total. The van der Waals surface area contributed by atoms with Crippen molar-refractivity contribution in [2.45, 2.75) is 12.8 Å². The molecule has 1 aliphatic carbocycles. The molecule has 0 unspecified atom stereocenters. The van der Waals surface area contributed by atoms with Crippen LogP contribution in [-0.2, 0) is 14.3 Å². The Labute approximate surface area is 185 Å². The molecule has 2 heterocycles. The van der Waals surface area contributed by atoms with E-state index in [0.29, 0.717) is 43.3 Å². The summed E-state index contributed by atoms with van der Waals surface area (Å²) in [4.78, 5) is 29.7. The number of aromatic nitrogens is 2. The minimum atomic E-state index is -1.20. The number of rotatable bonds is 6. The number of carbonyl (C=O) groups excluding carboxylic acids is 2. The number of morpholine rings is 1. The van der Waals surface area contributed by atoms with Crippen LogP contribution in [0.3, 0.4) is 0 Å². The van der Waals surface area contributed by atoms with Gasteiger partial charge in [0.05, 0.1) is 42.6 Å². The van der Waals surface area contributed by atoms with Crippen molar-refractivity contribution >= 4 is 39.9 Å². The van der Waals surface area contributed by atoms with Gasteiger partial charge < -0.3 is 20.1 Å². The first-order valence-electron chi connectivity index (χ1n) is 10.6. The van der Waals surface area contributed by atoms with E-state index in [1.54, 1.807) is 31.4 Å². The molecule has 2 amide bonds. The summed E-state index contributed by atoms with van der Waals surface area (Å²) in [5.74, 6) is 0.150. The first kappa shape index (κ1) is 20.3. The molecule has 2 aromatic carbocycles. The number of nitrogens with one attached hydrogen (secondary N) is 1. The molecule has 9 nitrogen and oxygen atoms in total. The molecular formula is C23H25N5O4. The third-order valence-electron chi connectivity index (χ3n) is 6.28. The van der Waals surface area contributed by atoms with E-state index in [1.165, 1.54) is 4.90 Å². The number of methoxy groups -OCH3 is 1. The molecule has 5 rings (SSSR count). The molecule has 1 aliphatic heterocycles. The van der Waals surface area contributed by atoms with E-state index in [2.05, 4.69) is 15.1 Å². The molecule has 0 bridgehead atoms. The van der Waals surface area contributed by atoms with Crippen molar-refractivity contribution in [1.82, 2.24) is 10.2 Å². The van der Waals surface area contributed by atoms with Crippen LogP contribution in [0.2, 0.25) is 0 Å². The Bertz CT molecular complexity index is 1160. The van der Waals surface area contributed by atoms with Crippen LogP contribution >= 0.6 is 0 Å². The molecule has 166 valence electrons. The number of hydrogen-bond donors (Lipinski definition) is 2. The third-order valence-corrected chi connectivity index (χ3v) is 6.28. The van der Waals surface area contributed by atoms with Crippen LogP contribution in [0.5, 0.6) is 5.75 Å². The Balaban J connectivity index is 1.67. The number of hydrogen-bond acceptors (Lipinski definition) is 6. The number of aromatic amines is 1. The first-order valence-corrected chi connectivity index (χ1v) is 10.6. The maximum atomic E-state index is 13.8. The number of amides is 2. The van der Waals surface area contributed by atoms with Gasteiger partial charge in [-0.25, -0.2) is 0 Å². The van der Waals surface area contributed by atoms with Gasteiger partial charge in [-0.15, -0.1) is 0 Å². The van der Waals surface area contributed by atoms with Crippen LogP contribution in [0.1, 0.15) is 12.8 Å². The predicted octanol–water partition coefficient (Wildman–Crippen LogP) is 2.34. The number of carbonyl (C=O) groups is 2. The lowest BCUT2D eigenvalue weighted by atomic mass is 10.0. The smallest absolute Gasteiger partial charge is 0.248 e. The highest BCUT2D eigenvalue weighted by Gasteiger charge is 2.58. The zero-order valence-electron chi connectivity index (χ0n) is 17.8. The van der Waals surface area contributed by atoms with E-state index in [0.717, 1.165) is 29.7 Å². The van der Waals surface area contributed by atoms with Crippen molar-refractivity contribution in [1.29, 1.82) is 0 Å². The van der Waals surface area contributed by atoms with Crippen molar-refractivity contribution in [2.75, 3.05) is 43.2 Å². The number of primary amides is 1. The number of nitrogens with zero attached hydrogens (tertiary/aromatic N) is 3. The summed E-state index contributed by atoms with van der Waals surface area (Å²) in [5, 5.41) is 8.40. The number of benzene rings is 2. The zero-order chi connectivity index (χ0) is 22.3. The van der Waals surface area contributed by atoms with Gasteiger partial charge in [-0.05, 0) is 49.2 Å². The second kappa shape index (κ2) is 7.83. The largest absolute Gasteiger partial charge is 0.497 e. The molecular weight excluding hydrogens is 410 g/mol. The van der Waals surface area contributed by atoms with Gasteiger partial charge in [0.2, 0.25) is 11.8 Å². The summed E-state index contributed by atoms with van der Waals surface area (Å²) in [7, 11) is 1.58. The van der Waals surface area contributed by atoms with Gasteiger partial charge in [-0.3, -0.25) is 19.6 Å². The maximum Gasteiger partial charge on any atom is 0.248 e. The quantitative estimate of drug-likeness (QED) is 0.575. The molecule has 32 heavy (non-hydrogen) atoms. The van der Waals surface area contributed by atoms with Gasteiger partial charge in [0.15, 0.2) is 5.82 Å². The van der Waals surface area contributed by atoms with Crippen molar-refractivity contribution < 1.29 is 19.1 Å². The molecule has 1 aromatic heterocycles. The van der Waals surface area contributed by atoms with Gasteiger partial charge in [0, 0.05) is 13.1 Å². The number of fused-ring (bicyclic) bond motifs is 1. The Hall–Kier alpha value is -3.59. The van der Waals surface area contributed by atoms with Crippen molar-refractivity contribution in [3.8, 4) is 5.75 Å². The van der Waals surface area contributed by atoms with E-state index in [1.807, 2.05) is 18.2 Å². The Morgan fingerprint density at radius 1 is 1.16 bits per heavy atom. The van der Waals surface area contributed by atoms with Gasteiger partial charge >= 0.3 is 0 Å². The summed E-state index contributed by atoms with van der Waals surface area (Å²) < 4.78 is 10.8. The van der Waals surface area contributed by atoms with Gasteiger partial charge in [0.25, 0.3) is 0 Å². The Kier molecular flexibility index (Phi) is 4.97. The van der Waals surface area contributed by atoms with E-state index < -0.39 is 11.3 Å². The molecule has 0 radical (unpaired) electrons. The molecule has 1 saturated carbocycles. The van der Waals surface area contributed by atoms with Crippen LogP contribution in [0.25, 0.3) is 10.9 Å². The SMILES string of the molecule is COc1ccc(N(C(=O)C2(C(N)=O)CC2)c2n[nH]c3cccc(N4CCOCC4)c23)cc1. The number of ether oxygens (including phenoxy) is 2. The van der Waals surface area contributed by atoms with Crippen molar-refractivity contribution in [2.24, 2.45) is 11.1 Å². The van der Waals surface area contributed by atoms with Crippen LogP contribution in [0.15, 0.2) is 42.5 Å². The maximum absolute atomic E-state index is 13.8.